The fourth-order valence-corrected chi connectivity index (χ4v) is 4.03. The number of pyridine rings is 1. The van der Waals surface area contributed by atoms with Crippen molar-refractivity contribution in [2.75, 3.05) is 39.3 Å². The summed E-state index contributed by atoms with van der Waals surface area (Å²) in [7, 11) is 4.89. The molecule has 6 heteroatoms. The van der Waals surface area contributed by atoms with Gasteiger partial charge in [-0.2, -0.15) is 5.26 Å². The van der Waals surface area contributed by atoms with E-state index in [-0.39, 0.29) is 0 Å². The molecule has 2 aromatic carbocycles. The summed E-state index contributed by atoms with van der Waals surface area (Å²) in [4.78, 5) is 7.13. The van der Waals surface area contributed by atoms with Crippen molar-refractivity contribution in [2.24, 2.45) is 0 Å². The SMILES string of the molecule is COc1ccc(-c2cc(-c3ccccc3OC)nc(N3CCCC3)c2C#N)c(OC)c1. The average molecular weight is 415 g/mol. The Labute approximate surface area is 182 Å². The molecule has 1 saturated heterocycles. The van der Waals surface area contributed by atoms with Gasteiger partial charge < -0.3 is 19.1 Å². The number of methoxy groups -OCH3 is 3. The summed E-state index contributed by atoms with van der Waals surface area (Å²) in [5.74, 6) is 2.77. The van der Waals surface area contributed by atoms with Gasteiger partial charge in [0.15, 0.2) is 0 Å². The van der Waals surface area contributed by atoms with Crippen LogP contribution in [-0.4, -0.2) is 39.4 Å². The van der Waals surface area contributed by atoms with Crippen LogP contribution in [0.2, 0.25) is 0 Å². The van der Waals surface area contributed by atoms with Gasteiger partial charge in [0.1, 0.15) is 34.7 Å². The molecule has 1 fully saturated rings. The molecule has 158 valence electrons. The fourth-order valence-electron chi connectivity index (χ4n) is 4.03. The molecule has 1 aromatic heterocycles. The molecule has 0 N–H and O–H groups in total. The zero-order valence-electron chi connectivity index (χ0n) is 18.0. The Hall–Kier alpha value is -3.72. The van der Waals surface area contributed by atoms with E-state index in [1.807, 2.05) is 48.5 Å². The quantitative estimate of drug-likeness (QED) is 0.570. The Bertz CT molecular complexity index is 1130. The maximum absolute atomic E-state index is 10.1. The van der Waals surface area contributed by atoms with Gasteiger partial charge in [0.25, 0.3) is 0 Å². The van der Waals surface area contributed by atoms with E-state index in [1.165, 1.54) is 0 Å². The predicted molar refractivity (Wildman–Crippen MR) is 121 cm³/mol. The molecule has 0 saturated carbocycles. The first-order valence-corrected chi connectivity index (χ1v) is 10.3. The first kappa shape index (κ1) is 20.5. The average Bonchev–Trinajstić information content (AvgIpc) is 3.37. The first-order valence-electron chi connectivity index (χ1n) is 10.3. The van der Waals surface area contributed by atoms with Gasteiger partial charge in [0, 0.05) is 35.8 Å². The van der Waals surface area contributed by atoms with E-state index in [9.17, 15) is 5.26 Å². The molecule has 0 unspecified atom stereocenters. The topological polar surface area (TPSA) is 67.6 Å². The van der Waals surface area contributed by atoms with Gasteiger partial charge in [-0.25, -0.2) is 4.98 Å². The second-order valence-electron chi connectivity index (χ2n) is 7.33. The molecule has 0 aliphatic carbocycles. The Balaban J connectivity index is 2.00. The van der Waals surface area contributed by atoms with Gasteiger partial charge in [-0.15, -0.1) is 0 Å². The Morgan fingerprint density at radius 1 is 0.839 bits per heavy atom. The molecule has 0 radical (unpaired) electrons. The molecule has 3 aromatic rings. The highest BCUT2D eigenvalue weighted by molar-refractivity contribution is 5.85. The van der Waals surface area contributed by atoms with Crippen LogP contribution >= 0.6 is 0 Å². The van der Waals surface area contributed by atoms with Crippen LogP contribution in [0.3, 0.4) is 0 Å². The second kappa shape index (κ2) is 8.97. The maximum Gasteiger partial charge on any atom is 0.147 e. The molecule has 31 heavy (non-hydrogen) atoms. The van der Waals surface area contributed by atoms with Gasteiger partial charge >= 0.3 is 0 Å². The lowest BCUT2D eigenvalue weighted by molar-refractivity contribution is 0.395. The third-order valence-corrected chi connectivity index (χ3v) is 5.60. The summed E-state index contributed by atoms with van der Waals surface area (Å²) in [6.45, 7) is 1.77. The molecule has 1 aliphatic heterocycles. The summed E-state index contributed by atoms with van der Waals surface area (Å²) in [5.41, 5.74) is 3.78. The van der Waals surface area contributed by atoms with Gasteiger partial charge in [-0.3, -0.25) is 0 Å². The van der Waals surface area contributed by atoms with Crippen molar-refractivity contribution in [1.29, 1.82) is 5.26 Å². The summed E-state index contributed by atoms with van der Waals surface area (Å²) >= 11 is 0. The number of anilines is 1. The van der Waals surface area contributed by atoms with Gasteiger partial charge in [-0.05, 0) is 43.2 Å². The van der Waals surface area contributed by atoms with Gasteiger partial charge in [-0.1, -0.05) is 12.1 Å². The molecule has 6 nitrogen and oxygen atoms in total. The predicted octanol–water partition coefficient (Wildman–Crippen LogP) is 4.91. The van der Waals surface area contributed by atoms with E-state index in [4.69, 9.17) is 19.2 Å². The number of ether oxygens (including phenoxy) is 3. The number of nitrogens with zero attached hydrogens (tertiary/aromatic N) is 3. The zero-order valence-corrected chi connectivity index (χ0v) is 18.0. The van der Waals surface area contributed by atoms with Crippen LogP contribution in [-0.2, 0) is 0 Å². The van der Waals surface area contributed by atoms with Crippen molar-refractivity contribution in [1.82, 2.24) is 4.98 Å². The Kier molecular flexibility index (Phi) is 5.94. The van der Waals surface area contributed by atoms with E-state index in [0.29, 0.717) is 22.9 Å². The van der Waals surface area contributed by atoms with Crippen LogP contribution in [0.1, 0.15) is 18.4 Å². The van der Waals surface area contributed by atoms with Crippen LogP contribution in [0, 0.1) is 11.3 Å². The first-order chi connectivity index (χ1) is 15.2. The van der Waals surface area contributed by atoms with Crippen molar-refractivity contribution in [2.45, 2.75) is 12.8 Å². The maximum atomic E-state index is 10.1. The number of hydrogen-bond acceptors (Lipinski definition) is 6. The van der Waals surface area contributed by atoms with E-state index in [0.717, 1.165) is 54.1 Å². The van der Waals surface area contributed by atoms with Crippen molar-refractivity contribution < 1.29 is 14.2 Å². The minimum absolute atomic E-state index is 0.545. The van der Waals surface area contributed by atoms with Crippen LogP contribution in [0.25, 0.3) is 22.4 Å². The largest absolute Gasteiger partial charge is 0.497 e. The van der Waals surface area contributed by atoms with E-state index >= 15 is 0 Å². The zero-order chi connectivity index (χ0) is 21.8. The molecular weight excluding hydrogens is 390 g/mol. The molecule has 1 aliphatic rings. The van der Waals surface area contributed by atoms with Crippen LogP contribution in [0.4, 0.5) is 5.82 Å². The van der Waals surface area contributed by atoms with Crippen molar-refractivity contribution in [3.63, 3.8) is 0 Å². The van der Waals surface area contributed by atoms with Crippen molar-refractivity contribution in [3.8, 4) is 45.7 Å². The number of rotatable bonds is 6. The standard InChI is InChI=1S/C25H25N3O3/c1-29-17-10-11-18(24(14-17)31-3)20-15-22(19-8-4-5-9-23(19)30-2)27-25(21(20)16-26)28-12-6-7-13-28/h4-5,8-11,14-15H,6-7,12-13H2,1-3H3. The molecule has 2 heterocycles. The molecule has 0 amide bonds. The molecule has 0 bridgehead atoms. The smallest absolute Gasteiger partial charge is 0.147 e. The van der Waals surface area contributed by atoms with Gasteiger partial charge in [0.2, 0.25) is 0 Å². The summed E-state index contributed by atoms with van der Waals surface area (Å²) in [6.07, 6.45) is 2.18. The minimum Gasteiger partial charge on any atom is -0.497 e. The lowest BCUT2D eigenvalue weighted by Gasteiger charge is -2.22. The van der Waals surface area contributed by atoms with Crippen LogP contribution in [0.5, 0.6) is 17.2 Å². The third-order valence-electron chi connectivity index (χ3n) is 5.60. The number of hydrogen-bond donors (Lipinski definition) is 0. The number of aromatic nitrogens is 1. The second-order valence-corrected chi connectivity index (χ2v) is 7.33. The molecular formula is C25H25N3O3. The van der Waals surface area contributed by atoms with E-state index < -0.39 is 0 Å². The number of para-hydroxylation sites is 1. The normalized spacial score (nSPS) is 13.0. The molecule has 0 atom stereocenters. The Morgan fingerprint density at radius 2 is 1.58 bits per heavy atom. The van der Waals surface area contributed by atoms with Crippen molar-refractivity contribution >= 4 is 5.82 Å². The monoisotopic (exact) mass is 415 g/mol. The highest BCUT2D eigenvalue weighted by atomic mass is 16.5. The summed E-state index contributed by atoms with van der Waals surface area (Å²) in [6, 6.07) is 17.8. The summed E-state index contributed by atoms with van der Waals surface area (Å²) in [5, 5.41) is 10.1. The lowest BCUT2D eigenvalue weighted by Crippen LogP contribution is -2.21. The highest BCUT2D eigenvalue weighted by Gasteiger charge is 2.24. The molecule has 4 rings (SSSR count). The van der Waals surface area contributed by atoms with E-state index in [1.54, 1.807) is 21.3 Å². The van der Waals surface area contributed by atoms with E-state index in [2.05, 4.69) is 11.0 Å². The van der Waals surface area contributed by atoms with Crippen LogP contribution < -0.4 is 19.1 Å². The third kappa shape index (κ3) is 3.87. The summed E-state index contributed by atoms with van der Waals surface area (Å²) < 4.78 is 16.6. The highest BCUT2D eigenvalue weighted by Crippen LogP contribution is 2.41. The van der Waals surface area contributed by atoms with Crippen LogP contribution in [0.15, 0.2) is 48.5 Å². The van der Waals surface area contributed by atoms with Crippen molar-refractivity contribution in [3.05, 3.63) is 54.1 Å². The van der Waals surface area contributed by atoms with Gasteiger partial charge in [0.05, 0.1) is 27.0 Å². The fraction of sp³-hybridized carbons (Fsp3) is 0.280. The Morgan fingerprint density at radius 3 is 2.26 bits per heavy atom. The lowest BCUT2D eigenvalue weighted by atomic mass is 9.97. The number of benzene rings is 2. The molecule has 0 spiro atoms. The number of nitriles is 1. The minimum atomic E-state index is 0.545.